The van der Waals surface area contributed by atoms with Crippen molar-refractivity contribution in [2.75, 3.05) is 13.2 Å². The average molecular weight is 286 g/mol. The summed E-state index contributed by atoms with van der Waals surface area (Å²) in [5.74, 6) is 0.875. The van der Waals surface area contributed by atoms with Crippen molar-refractivity contribution in [3.63, 3.8) is 0 Å². The molecule has 0 aromatic carbocycles. The third-order valence-electron chi connectivity index (χ3n) is 3.18. The van der Waals surface area contributed by atoms with Gasteiger partial charge in [0.15, 0.2) is 0 Å². The molecule has 1 heterocycles. The molecular formula is C15H24ClNO2. The van der Waals surface area contributed by atoms with Crippen molar-refractivity contribution in [2.45, 2.75) is 52.4 Å². The second kappa shape index (κ2) is 9.16. The minimum Gasteiger partial charge on any atom is -0.493 e. The molecule has 0 fully saturated rings. The fourth-order valence-electron chi connectivity index (χ4n) is 2.02. The minimum atomic E-state index is 0.310. The van der Waals surface area contributed by atoms with Gasteiger partial charge in [0.25, 0.3) is 0 Å². The Morgan fingerprint density at radius 3 is 2.42 bits per heavy atom. The van der Waals surface area contributed by atoms with E-state index in [4.69, 9.17) is 21.4 Å². The van der Waals surface area contributed by atoms with Crippen LogP contribution in [0.4, 0.5) is 0 Å². The number of rotatable bonds is 9. The van der Waals surface area contributed by atoms with Gasteiger partial charge in [0.1, 0.15) is 10.9 Å². The number of aliphatic hydroxyl groups excluding tert-OH is 1. The second-order valence-electron chi connectivity index (χ2n) is 4.88. The molecule has 1 aromatic rings. The number of halogens is 1. The Bertz CT molecular complexity index is 383. The highest BCUT2D eigenvalue weighted by Crippen LogP contribution is 2.27. The molecule has 4 heteroatoms. The fraction of sp³-hybridized carbons (Fsp3) is 0.667. The molecule has 0 saturated carbocycles. The standard InChI is InChI=1S/C15H24ClNO2/c1-12-11-17-15(16)13(2)14(12)19-10-8-6-4-3-5-7-9-18/h11,18H,3-10H2,1-2H3. The van der Waals surface area contributed by atoms with Crippen molar-refractivity contribution in [2.24, 2.45) is 0 Å². The van der Waals surface area contributed by atoms with Crippen molar-refractivity contribution < 1.29 is 9.84 Å². The topological polar surface area (TPSA) is 42.4 Å². The van der Waals surface area contributed by atoms with Gasteiger partial charge in [0.05, 0.1) is 6.61 Å². The summed E-state index contributed by atoms with van der Waals surface area (Å²) < 4.78 is 5.81. The highest BCUT2D eigenvalue weighted by atomic mass is 35.5. The van der Waals surface area contributed by atoms with E-state index in [1.54, 1.807) is 6.20 Å². The van der Waals surface area contributed by atoms with Crippen LogP contribution in [0.5, 0.6) is 5.75 Å². The maximum Gasteiger partial charge on any atom is 0.135 e. The van der Waals surface area contributed by atoms with Crippen molar-refractivity contribution in [3.05, 3.63) is 22.5 Å². The molecule has 0 atom stereocenters. The van der Waals surface area contributed by atoms with E-state index in [0.29, 0.717) is 11.8 Å². The van der Waals surface area contributed by atoms with Crippen LogP contribution in [0.15, 0.2) is 6.20 Å². The molecule has 0 bridgehead atoms. The van der Waals surface area contributed by atoms with E-state index in [9.17, 15) is 0 Å². The summed E-state index contributed by atoms with van der Waals surface area (Å²) in [4.78, 5) is 4.09. The normalized spacial score (nSPS) is 10.7. The van der Waals surface area contributed by atoms with Gasteiger partial charge in [-0.15, -0.1) is 0 Å². The van der Waals surface area contributed by atoms with Crippen LogP contribution in [0.2, 0.25) is 5.15 Å². The minimum absolute atomic E-state index is 0.310. The van der Waals surface area contributed by atoms with Crippen LogP contribution in [0.1, 0.15) is 49.7 Å². The third kappa shape index (κ3) is 5.79. The molecule has 0 saturated heterocycles. The monoisotopic (exact) mass is 285 g/mol. The van der Waals surface area contributed by atoms with Gasteiger partial charge in [-0.2, -0.15) is 0 Å². The molecule has 1 rings (SSSR count). The van der Waals surface area contributed by atoms with Gasteiger partial charge in [-0.1, -0.05) is 37.3 Å². The Balaban J connectivity index is 2.21. The quantitative estimate of drug-likeness (QED) is 0.549. The molecule has 108 valence electrons. The highest BCUT2D eigenvalue weighted by molar-refractivity contribution is 6.30. The number of hydrogen-bond donors (Lipinski definition) is 1. The van der Waals surface area contributed by atoms with Crippen molar-refractivity contribution in [1.29, 1.82) is 0 Å². The number of aryl methyl sites for hydroxylation is 1. The summed E-state index contributed by atoms with van der Waals surface area (Å²) in [5.41, 5.74) is 1.95. The Kier molecular flexibility index (Phi) is 7.84. The Morgan fingerprint density at radius 2 is 1.74 bits per heavy atom. The molecule has 3 nitrogen and oxygen atoms in total. The van der Waals surface area contributed by atoms with Crippen LogP contribution in [0.3, 0.4) is 0 Å². The molecule has 0 unspecified atom stereocenters. The Labute approximate surface area is 121 Å². The first kappa shape index (κ1) is 16.3. The maximum absolute atomic E-state index is 8.67. The molecule has 0 aliphatic heterocycles. The number of aromatic nitrogens is 1. The number of pyridine rings is 1. The van der Waals surface area contributed by atoms with Gasteiger partial charge in [-0.3, -0.25) is 0 Å². The van der Waals surface area contributed by atoms with Crippen LogP contribution in [-0.2, 0) is 0 Å². The molecule has 0 radical (unpaired) electrons. The van der Waals surface area contributed by atoms with Crippen LogP contribution in [0.25, 0.3) is 0 Å². The van der Waals surface area contributed by atoms with Gasteiger partial charge < -0.3 is 9.84 Å². The van der Waals surface area contributed by atoms with Gasteiger partial charge in [-0.05, 0) is 26.7 Å². The first-order valence-corrected chi connectivity index (χ1v) is 7.40. The molecule has 0 spiro atoms. The second-order valence-corrected chi connectivity index (χ2v) is 5.24. The van der Waals surface area contributed by atoms with Gasteiger partial charge in [-0.25, -0.2) is 4.98 Å². The average Bonchev–Trinajstić information content (AvgIpc) is 2.40. The molecule has 0 aliphatic carbocycles. The lowest BCUT2D eigenvalue weighted by Gasteiger charge is -2.12. The smallest absolute Gasteiger partial charge is 0.135 e. The van der Waals surface area contributed by atoms with Crippen LogP contribution >= 0.6 is 11.6 Å². The molecule has 0 amide bonds. The molecule has 1 N–H and O–H groups in total. The van der Waals surface area contributed by atoms with E-state index >= 15 is 0 Å². The van der Waals surface area contributed by atoms with E-state index in [-0.39, 0.29) is 0 Å². The van der Waals surface area contributed by atoms with Gasteiger partial charge in [0, 0.05) is 23.9 Å². The van der Waals surface area contributed by atoms with E-state index in [1.807, 2.05) is 13.8 Å². The van der Waals surface area contributed by atoms with Gasteiger partial charge >= 0.3 is 0 Å². The number of ether oxygens (including phenoxy) is 1. The van der Waals surface area contributed by atoms with Crippen molar-refractivity contribution in [3.8, 4) is 5.75 Å². The van der Waals surface area contributed by atoms with Crippen LogP contribution in [-0.4, -0.2) is 23.3 Å². The number of aliphatic hydroxyl groups is 1. The summed E-state index contributed by atoms with van der Waals surface area (Å²) in [6.07, 6.45) is 8.41. The fourth-order valence-corrected chi connectivity index (χ4v) is 2.15. The first-order valence-electron chi connectivity index (χ1n) is 7.02. The number of hydrogen-bond acceptors (Lipinski definition) is 3. The Hall–Kier alpha value is -0.800. The molecule has 1 aromatic heterocycles. The van der Waals surface area contributed by atoms with Gasteiger partial charge in [0.2, 0.25) is 0 Å². The lowest BCUT2D eigenvalue weighted by Crippen LogP contribution is -2.02. The van der Waals surface area contributed by atoms with E-state index in [1.165, 1.54) is 19.3 Å². The summed E-state index contributed by atoms with van der Waals surface area (Å²) in [5, 5.41) is 9.19. The summed E-state index contributed by atoms with van der Waals surface area (Å²) in [7, 11) is 0. The number of nitrogens with zero attached hydrogens (tertiary/aromatic N) is 1. The molecular weight excluding hydrogens is 262 g/mol. The molecule has 19 heavy (non-hydrogen) atoms. The van der Waals surface area contributed by atoms with Crippen LogP contribution < -0.4 is 4.74 Å². The lowest BCUT2D eigenvalue weighted by atomic mass is 10.1. The predicted molar refractivity (Wildman–Crippen MR) is 79.0 cm³/mol. The van der Waals surface area contributed by atoms with Crippen molar-refractivity contribution in [1.82, 2.24) is 4.98 Å². The summed E-state index contributed by atoms with van der Waals surface area (Å²) >= 11 is 5.99. The third-order valence-corrected chi connectivity index (χ3v) is 3.56. The summed E-state index contributed by atoms with van der Waals surface area (Å²) in [6.45, 7) is 4.96. The van der Waals surface area contributed by atoms with Crippen molar-refractivity contribution >= 4 is 11.6 Å². The largest absolute Gasteiger partial charge is 0.493 e. The maximum atomic E-state index is 8.67. The number of unbranched alkanes of at least 4 members (excludes halogenated alkanes) is 5. The SMILES string of the molecule is Cc1cnc(Cl)c(C)c1OCCCCCCCCO. The first-order chi connectivity index (χ1) is 9.16. The zero-order valence-electron chi connectivity index (χ0n) is 11.9. The highest BCUT2D eigenvalue weighted by Gasteiger charge is 2.08. The molecule has 0 aliphatic rings. The van der Waals surface area contributed by atoms with Crippen LogP contribution in [0, 0.1) is 13.8 Å². The van der Waals surface area contributed by atoms with E-state index in [0.717, 1.165) is 42.7 Å². The summed E-state index contributed by atoms with van der Waals surface area (Å²) in [6, 6.07) is 0. The Morgan fingerprint density at radius 1 is 1.11 bits per heavy atom. The lowest BCUT2D eigenvalue weighted by molar-refractivity contribution is 0.280. The predicted octanol–water partition coefficient (Wildman–Crippen LogP) is 4.06. The zero-order chi connectivity index (χ0) is 14.1. The zero-order valence-corrected chi connectivity index (χ0v) is 12.7. The van der Waals surface area contributed by atoms with E-state index < -0.39 is 0 Å². The van der Waals surface area contributed by atoms with E-state index in [2.05, 4.69) is 4.98 Å².